The first-order chi connectivity index (χ1) is 12.1. The SMILES string of the molecule is CCCC(=O)Nc1ccc(CC(=O)N[C@@H](C)Cc2ccncc2)cc1. The van der Waals surface area contributed by atoms with Crippen LogP contribution in [0.4, 0.5) is 5.69 Å². The first-order valence-corrected chi connectivity index (χ1v) is 8.64. The largest absolute Gasteiger partial charge is 0.353 e. The molecule has 2 amide bonds. The predicted molar refractivity (Wildman–Crippen MR) is 99.2 cm³/mol. The third kappa shape index (κ3) is 6.75. The van der Waals surface area contributed by atoms with E-state index in [-0.39, 0.29) is 17.9 Å². The number of hydrogen-bond donors (Lipinski definition) is 2. The fourth-order valence-electron chi connectivity index (χ4n) is 2.59. The summed E-state index contributed by atoms with van der Waals surface area (Å²) in [5.41, 5.74) is 2.82. The van der Waals surface area contributed by atoms with Crippen LogP contribution in [0.15, 0.2) is 48.8 Å². The fraction of sp³-hybridized carbons (Fsp3) is 0.350. The van der Waals surface area contributed by atoms with Crippen molar-refractivity contribution in [1.82, 2.24) is 10.3 Å². The summed E-state index contributed by atoms with van der Waals surface area (Å²) in [7, 11) is 0. The van der Waals surface area contributed by atoms with Crippen LogP contribution < -0.4 is 10.6 Å². The summed E-state index contributed by atoms with van der Waals surface area (Å²) >= 11 is 0. The Balaban J connectivity index is 1.80. The Morgan fingerprint density at radius 3 is 2.32 bits per heavy atom. The first kappa shape index (κ1) is 18.6. The zero-order valence-electron chi connectivity index (χ0n) is 14.8. The van der Waals surface area contributed by atoms with Crippen LogP contribution >= 0.6 is 0 Å². The van der Waals surface area contributed by atoms with Crippen LogP contribution in [0.1, 0.15) is 37.8 Å². The maximum Gasteiger partial charge on any atom is 0.224 e. The molecule has 2 N–H and O–H groups in total. The lowest BCUT2D eigenvalue weighted by molar-refractivity contribution is -0.121. The molecule has 25 heavy (non-hydrogen) atoms. The number of nitrogens with one attached hydrogen (secondary N) is 2. The third-order valence-electron chi connectivity index (χ3n) is 3.78. The number of amides is 2. The predicted octanol–water partition coefficient (Wildman–Crippen LogP) is 3.11. The lowest BCUT2D eigenvalue weighted by Gasteiger charge is -2.14. The van der Waals surface area contributed by atoms with Crippen LogP contribution in [-0.2, 0) is 22.4 Å². The topological polar surface area (TPSA) is 71.1 Å². The van der Waals surface area contributed by atoms with Crippen molar-refractivity contribution in [3.05, 3.63) is 59.9 Å². The third-order valence-corrected chi connectivity index (χ3v) is 3.78. The van der Waals surface area contributed by atoms with Crippen molar-refractivity contribution in [2.45, 2.75) is 45.6 Å². The van der Waals surface area contributed by atoms with Gasteiger partial charge in [-0.05, 0) is 55.2 Å². The summed E-state index contributed by atoms with van der Waals surface area (Å²) in [5, 5.41) is 5.85. The van der Waals surface area contributed by atoms with Gasteiger partial charge in [0.1, 0.15) is 0 Å². The van der Waals surface area contributed by atoms with Crippen LogP contribution in [0, 0.1) is 0 Å². The van der Waals surface area contributed by atoms with E-state index in [1.807, 2.05) is 50.2 Å². The van der Waals surface area contributed by atoms with Crippen molar-refractivity contribution >= 4 is 17.5 Å². The van der Waals surface area contributed by atoms with E-state index >= 15 is 0 Å². The van der Waals surface area contributed by atoms with Crippen molar-refractivity contribution in [1.29, 1.82) is 0 Å². The van der Waals surface area contributed by atoms with Gasteiger partial charge >= 0.3 is 0 Å². The average Bonchev–Trinajstić information content (AvgIpc) is 2.57. The van der Waals surface area contributed by atoms with E-state index in [9.17, 15) is 9.59 Å². The molecule has 0 fully saturated rings. The zero-order valence-corrected chi connectivity index (χ0v) is 14.8. The molecule has 1 aromatic heterocycles. The summed E-state index contributed by atoms with van der Waals surface area (Å²) in [5.74, 6) is 0.00209. The molecule has 0 aliphatic rings. The highest BCUT2D eigenvalue weighted by molar-refractivity contribution is 5.90. The van der Waals surface area contributed by atoms with Gasteiger partial charge < -0.3 is 10.6 Å². The lowest BCUT2D eigenvalue weighted by Crippen LogP contribution is -2.35. The summed E-state index contributed by atoms with van der Waals surface area (Å²) in [6, 6.07) is 11.4. The lowest BCUT2D eigenvalue weighted by atomic mass is 10.1. The van der Waals surface area contributed by atoms with Crippen molar-refractivity contribution in [3.8, 4) is 0 Å². The second-order valence-electron chi connectivity index (χ2n) is 6.20. The number of anilines is 1. The Morgan fingerprint density at radius 2 is 1.68 bits per heavy atom. The molecular formula is C20H25N3O2. The highest BCUT2D eigenvalue weighted by Crippen LogP contribution is 2.11. The Labute approximate surface area is 148 Å². The number of aromatic nitrogens is 1. The minimum absolute atomic E-state index is 0.00988. The number of carbonyl (C=O) groups excluding carboxylic acids is 2. The van der Waals surface area contributed by atoms with Gasteiger partial charge in [0, 0.05) is 30.5 Å². The van der Waals surface area contributed by atoms with Crippen LogP contribution in [-0.4, -0.2) is 22.8 Å². The smallest absolute Gasteiger partial charge is 0.224 e. The van der Waals surface area contributed by atoms with Crippen LogP contribution in [0.25, 0.3) is 0 Å². The Kier molecular flexibility index (Phi) is 7.14. The van der Waals surface area contributed by atoms with Gasteiger partial charge in [-0.25, -0.2) is 0 Å². The molecule has 0 aliphatic heterocycles. The molecule has 0 spiro atoms. The molecule has 0 saturated heterocycles. The summed E-state index contributed by atoms with van der Waals surface area (Å²) < 4.78 is 0. The molecule has 2 rings (SSSR count). The minimum atomic E-state index is -0.00988. The van der Waals surface area contributed by atoms with Crippen LogP contribution in [0.2, 0.25) is 0 Å². The van der Waals surface area contributed by atoms with E-state index in [4.69, 9.17) is 0 Å². The van der Waals surface area contributed by atoms with Crippen LogP contribution in [0.3, 0.4) is 0 Å². The molecule has 1 atom stereocenters. The first-order valence-electron chi connectivity index (χ1n) is 8.64. The maximum absolute atomic E-state index is 12.2. The number of benzene rings is 1. The second kappa shape index (κ2) is 9.57. The van der Waals surface area contributed by atoms with Crippen molar-refractivity contribution in [3.63, 3.8) is 0 Å². The van der Waals surface area contributed by atoms with E-state index in [1.54, 1.807) is 12.4 Å². The van der Waals surface area contributed by atoms with Crippen molar-refractivity contribution in [2.75, 3.05) is 5.32 Å². The van der Waals surface area contributed by atoms with Crippen LogP contribution in [0.5, 0.6) is 0 Å². The number of carbonyl (C=O) groups is 2. The van der Waals surface area contributed by atoms with Gasteiger partial charge in [-0.3, -0.25) is 14.6 Å². The summed E-state index contributed by atoms with van der Waals surface area (Å²) in [4.78, 5) is 27.7. The quantitative estimate of drug-likeness (QED) is 0.776. The molecule has 5 heteroatoms. The zero-order chi connectivity index (χ0) is 18.1. The van der Waals surface area contributed by atoms with Gasteiger partial charge in [0.2, 0.25) is 11.8 Å². The van der Waals surface area contributed by atoms with E-state index in [1.165, 1.54) is 0 Å². The van der Waals surface area contributed by atoms with Crippen molar-refractivity contribution < 1.29 is 9.59 Å². The Bertz CT molecular complexity index is 684. The van der Waals surface area contributed by atoms with Gasteiger partial charge in [0.05, 0.1) is 6.42 Å². The van der Waals surface area contributed by atoms with Gasteiger partial charge in [0.15, 0.2) is 0 Å². The summed E-state index contributed by atoms with van der Waals surface area (Å²) in [6.45, 7) is 3.96. The molecule has 0 radical (unpaired) electrons. The van der Waals surface area contributed by atoms with E-state index < -0.39 is 0 Å². The normalized spacial score (nSPS) is 11.6. The molecule has 0 saturated carbocycles. The molecule has 0 unspecified atom stereocenters. The van der Waals surface area contributed by atoms with E-state index in [0.717, 1.165) is 29.7 Å². The van der Waals surface area contributed by atoms with Crippen molar-refractivity contribution in [2.24, 2.45) is 0 Å². The molecule has 0 bridgehead atoms. The molecule has 1 aromatic carbocycles. The molecule has 2 aromatic rings. The monoisotopic (exact) mass is 339 g/mol. The number of pyridine rings is 1. The fourth-order valence-corrected chi connectivity index (χ4v) is 2.59. The highest BCUT2D eigenvalue weighted by atomic mass is 16.2. The average molecular weight is 339 g/mol. The number of hydrogen-bond acceptors (Lipinski definition) is 3. The molecule has 0 aliphatic carbocycles. The van der Waals surface area contributed by atoms with Gasteiger partial charge in [-0.2, -0.15) is 0 Å². The number of nitrogens with zero attached hydrogens (tertiary/aromatic N) is 1. The molecule has 1 heterocycles. The van der Waals surface area contributed by atoms with E-state index in [2.05, 4.69) is 15.6 Å². The van der Waals surface area contributed by atoms with E-state index in [0.29, 0.717) is 12.8 Å². The van der Waals surface area contributed by atoms with Gasteiger partial charge in [-0.15, -0.1) is 0 Å². The molecule has 132 valence electrons. The Hall–Kier alpha value is -2.69. The summed E-state index contributed by atoms with van der Waals surface area (Å²) in [6.07, 6.45) is 5.94. The standard InChI is InChI=1S/C20H25N3O2/c1-3-4-19(24)23-18-7-5-16(6-8-18)14-20(25)22-15(2)13-17-9-11-21-12-10-17/h5-12,15H,3-4,13-14H2,1-2H3,(H,22,25)(H,23,24)/t15-/m0/s1. The Morgan fingerprint density at radius 1 is 1.00 bits per heavy atom. The molecule has 5 nitrogen and oxygen atoms in total. The number of rotatable bonds is 8. The van der Waals surface area contributed by atoms with Gasteiger partial charge in [0.25, 0.3) is 0 Å². The molecular weight excluding hydrogens is 314 g/mol. The van der Waals surface area contributed by atoms with Gasteiger partial charge in [-0.1, -0.05) is 19.1 Å². The minimum Gasteiger partial charge on any atom is -0.353 e. The second-order valence-corrected chi connectivity index (χ2v) is 6.20. The highest BCUT2D eigenvalue weighted by Gasteiger charge is 2.09. The maximum atomic E-state index is 12.2.